The van der Waals surface area contributed by atoms with E-state index < -0.39 is 8.07 Å². The third kappa shape index (κ3) is 3.43. The third-order valence-electron chi connectivity index (χ3n) is 3.66. The van der Waals surface area contributed by atoms with Crippen LogP contribution in [0.15, 0.2) is 53.5 Å². The molecule has 0 radical (unpaired) electrons. The van der Waals surface area contributed by atoms with Gasteiger partial charge in [0.15, 0.2) is 0 Å². The first-order valence-corrected chi connectivity index (χ1v) is 10.6. The Hall–Kier alpha value is -2.60. The van der Waals surface area contributed by atoms with Crippen molar-refractivity contribution < 1.29 is 9.53 Å². The van der Waals surface area contributed by atoms with Crippen LogP contribution in [0.3, 0.4) is 0 Å². The predicted octanol–water partition coefficient (Wildman–Crippen LogP) is 3.10. The number of aromatic nitrogens is 2. The molecular weight excluding hydrogens is 306 g/mol. The predicted molar refractivity (Wildman–Crippen MR) is 94.0 cm³/mol. The van der Waals surface area contributed by atoms with Gasteiger partial charge in [0.1, 0.15) is 11.3 Å². The minimum atomic E-state index is -1.45. The molecule has 118 valence electrons. The van der Waals surface area contributed by atoms with Gasteiger partial charge in [-0.05, 0) is 24.3 Å². The second-order valence-electron chi connectivity index (χ2n) is 6.06. The van der Waals surface area contributed by atoms with Crippen LogP contribution < -0.4 is 10.1 Å². The third-order valence-corrected chi connectivity index (χ3v) is 5.74. The molecule has 0 spiro atoms. The number of carbonyl (C=O) groups excluding carboxylic acids is 1. The topological polar surface area (TPSA) is 67.0 Å². The fourth-order valence-corrected chi connectivity index (χ4v) is 3.63. The van der Waals surface area contributed by atoms with E-state index in [-0.39, 0.29) is 5.91 Å². The molecule has 23 heavy (non-hydrogen) atoms. The molecule has 1 amide bonds. The van der Waals surface area contributed by atoms with Gasteiger partial charge in [0, 0.05) is 17.1 Å². The van der Waals surface area contributed by atoms with E-state index >= 15 is 0 Å². The zero-order valence-corrected chi connectivity index (χ0v) is 14.4. The lowest BCUT2D eigenvalue weighted by atomic mass is 10.3. The first kappa shape index (κ1) is 15.3. The highest BCUT2D eigenvalue weighted by molar-refractivity contribution is 6.86. The molecular formula is C17H19N3O2Si. The molecule has 0 aliphatic carbocycles. The lowest BCUT2D eigenvalue weighted by Crippen LogP contribution is -2.23. The lowest BCUT2D eigenvalue weighted by molar-refractivity contribution is 0.0963. The van der Waals surface area contributed by atoms with Crippen molar-refractivity contribution in [2.75, 3.05) is 7.11 Å². The average molecular weight is 325 g/mol. The molecule has 1 aliphatic rings. The molecule has 0 saturated carbocycles. The minimum absolute atomic E-state index is 0.187. The van der Waals surface area contributed by atoms with Gasteiger partial charge in [-0.3, -0.25) is 4.79 Å². The van der Waals surface area contributed by atoms with Gasteiger partial charge in [-0.15, -0.1) is 0 Å². The van der Waals surface area contributed by atoms with Crippen LogP contribution in [0.1, 0.15) is 10.5 Å². The summed E-state index contributed by atoms with van der Waals surface area (Å²) in [6.07, 6.45) is 5.91. The van der Waals surface area contributed by atoms with Gasteiger partial charge in [0.05, 0.1) is 15.2 Å². The van der Waals surface area contributed by atoms with Gasteiger partial charge < -0.3 is 15.0 Å². The first-order chi connectivity index (χ1) is 11.0. The highest BCUT2D eigenvalue weighted by atomic mass is 28.3. The van der Waals surface area contributed by atoms with Crippen LogP contribution >= 0.6 is 0 Å². The van der Waals surface area contributed by atoms with Crippen LogP contribution in [0.2, 0.25) is 13.1 Å². The van der Waals surface area contributed by atoms with Crippen molar-refractivity contribution in [1.82, 2.24) is 15.3 Å². The number of allylic oxidation sites excluding steroid dienone is 3. The Kier molecular flexibility index (Phi) is 3.92. The standard InChI is InChI=1S/C17H19N3O2Si/c1-22-15-7-6-12-11-14(19-16(12)20-15)17(21)18-13-5-4-9-23(2,3)10-8-13/h4-11H,1-3H3,(H,18,21)(H,19,20). The molecule has 5 nitrogen and oxygen atoms in total. The van der Waals surface area contributed by atoms with Crippen molar-refractivity contribution in [1.29, 1.82) is 0 Å². The molecule has 0 saturated heterocycles. The number of nitrogens with one attached hydrogen (secondary N) is 2. The molecule has 6 heteroatoms. The van der Waals surface area contributed by atoms with E-state index in [9.17, 15) is 4.79 Å². The monoisotopic (exact) mass is 325 g/mol. The Bertz CT molecular complexity index is 847. The SMILES string of the molecule is COc1ccc2cc(C(=O)NC3=CC=C[Si](C)(C)C=C3)[nH]c2n1. The molecule has 1 aliphatic heterocycles. The van der Waals surface area contributed by atoms with E-state index in [1.807, 2.05) is 24.3 Å². The summed E-state index contributed by atoms with van der Waals surface area (Å²) in [7, 11) is 0.117. The number of nitrogens with zero attached hydrogens (tertiary/aromatic N) is 1. The summed E-state index contributed by atoms with van der Waals surface area (Å²) in [6.45, 7) is 4.49. The number of fused-ring (bicyclic) bond motifs is 1. The number of amides is 1. The molecule has 2 aromatic rings. The summed E-state index contributed by atoms with van der Waals surface area (Å²) in [5.74, 6) is 0.325. The van der Waals surface area contributed by atoms with Gasteiger partial charge in [0.2, 0.25) is 5.88 Å². The molecule has 0 unspecified atom stereocenters. The highest BCUT2D eigenvalue weighted by Crippen LogP contribution is 2.18. The van der Waals surface area contributed by atoms with Gasteiger partial charge >= 0.3 is 0 Å². The molecule has 3 heterocycles. The Morgan fingerprint density at radius 3 is 2.91 bits per heavy atom. The van der Waals surface area contributed by atoms with Crippen LogP contribution in [-0.4, -0.2) is 31.1 Å². The van der Waals surface area contributed by atoms with E-state index in [0.29, 0.717) is 17.2 Å². The summed E-state index contributed by atoms with van der Waals surface area (Å²) < 4.78 is 5.09. The van der Waals surface area contributed by atoms with E-state index in [2.05, 4.69) is 39.8 Å². The molecule has 0 atom stereocenters. The number of ether oxygens (including phenoxy) is 1. The summed E-state index contributed by atoms with van der Waals surface area (Å²) in [5.41, 5.74) is 6.31. The van der Waals surface area contributed by atoms with Crippen molar-refractivity contribution >= 4 is 25.0 Å². The Morgan fingerprint density at radius 1 is 1.30 bits per heavy atom. The largest absolute Gasteiger partial charge is 0.481 e. The second-order valence-corrected chi connectivity index (χ2v) is 10.4. The summed E-state index contributed by atoms with van der Waals surface area (Å²) in [6, 6.07) is 5.43. The zero-order valence-electron chi connectivity index (χ0n) is 13.4. The molecule has 2 aromatic heterocycles. The maximum absolute atomic E-state index is 12.4. The van der Waals surface area contributed by atoms with Crippen molar-refractivity contribution in [3.8, 4) is 5.88 Å². The Morgan fingerprint density at radius 2 is 2.13 bits per heavy atom. The first-order valence-electron chi connectivity index (χ1n) is 7.41. The van der Waals surface area contributed by atoms with Crippen molar-refractivity contribution in [2.24, 2.45) is 0 Å². The fraction of sp³-hybridized carbons (Fsp3) is 0.176. The smallest absolute Gasteiger partial charge is 0.272 e. The summed E-state index contributed by atoms with van der Waals surface area (Å²) >= 11 is 0. The number of carbonyl (C=O) groups is 1. The van der Waals surface area contributed by atoms with E-state index in [4.69, 9.17) is 4.74 Å². The van der Waals surface area contributed by atoms with E-state index in [1.165, 1.54) is 0 Å². The van der Waals surface area contributed by atoms with Gasteiger partial charge in [-0.1, -0.05) is 30.6 Å². The maximum atomic E-state index is 12.4. The highest BCUT2D eigenvalue weighted by Gasteiger charge is 2.15. The van der Waals surface area contributed by atoms with Gasteiger partial charge in [-0.2, -0.15) is 4.98 Å². The van der Waals surface area contributed by atoms with E-state index in [1.54, 1.807) is 19.2 Å². The number of aromatic amines is 1. The zero-order chi connectivity index (χ0) is 16.4. The average Bonchev–Trinajstić information content (AvgIpc) is 2.87. The Balaban J connectivity index is 1.81. The fourth-order valence-electron chi connectivity index (χ4n) is 2.32. The number of H-pyrrole nitrogens is 1. The van der Waals surface area contributed by atoms with Crippen molar-refractivity contribution in [3.63, 3.8) is 0 Å². The number of pyridine rings is 1. The summed E-state index contributed by atoms with van der Waals surface area (Å²) in [5, 5.41) is 3.79. The molecule has 0 fully saturated rings. The normalized spacial score (nSPS) is 16.0. The van der Waals surface area contributed by atoms with Crippen LogP contribution in [0, 0.1) is 0 Å². The molecule has 0 aromatic carbocycles. The van der Waals surface area contributed by atoms with Crippen molar-refractivity contribution in [3.05, 3.63) is 59.2 Å². The lowest BCUT2D eigenvalue weighted by Gasteiger charge is -2.09. The molecule has 2 N–H and O–H groups in total. The minimum Gasteiger partial charge on any atom is -0.481 e. The van der Waals surface area contributed by atoms with Crippen LogP contribution in [0.5, 0.6) is 5.88 Å². The number of methoxy groups -OCH3 is 1. The number of hydrogen-bond acceptors (Lipinski definition) is 3. The van der Waals surface area contributed by atoms with Crippen LogP contribution in [0.25, 0.3) is 11.0 Å². The number of rotatable bonds is 3. The van der Waals surface area contributed by atoms with Crippen LogP contribution in [0.4, 0.5) is 0 Å². The maximum Gasteiger partial charge on any atom is 0.272 e. The quantitative estimate of drug-likeness (QED) is 0.852. The summed E-state index contributed by atoms with van der Waals surface area (Å²) in [4.78, 5) is 19.7. The van der Waals surface area contributed by atoms with Crippen molar-refractivity contribution in [2.45, 2.75) is 13.1 Å². The second kappa shape index (κ2) is 5.89. The molecule has 3 rings (SSSR count). The Labute approximate surface area is 135 Å². The van der Waals surface area contributed by atoms with E-state index in [0.717, 1.165) is 11.1 Å². The van der Waals surface area contributed by atoms with Crippen LogP contribution in [-0.2, 0) is 0 Å². The van der Waals surface area contributed by atoms with Gasteiger partial charge in [0.25, 0.3) is 5.91 Å². The molecule has 0 bridgehead atoms. The number of hydrogen-bond donors (Lipinski definition) is 2. The van der Waals surface area contributed by atoms with Gasteiger partial charge in [-0.25, -0.2) is 0 Å².